The summed E-state index contributed by atoms with van der Waals surface area (Å²) in [4.78, 5) is 11.9. The Hall–Kier alpha value is -1.55. The maximum Gasteiger partial charge on any atom is 0.239 e. The molecule has 1 amide bonds. The molecule has 1 aliphatic carbocycles. The van der Waals surface area contributed by atoms with Gasteiger partial charge in [0.05, 0.1) is 12.6 Å². The van der Waals surface area contributed by atoms with E-state index in [1.54, 1.807) is 21.0 Å². The molecule has 1 aliphatic rings. The molecule has 0 atom stereocenters. The summed E-state index contributed by atoms with van der Waals surface area (Å²) in [6.07, 6.45) is 2.14. The summed E-state index contributed by atoms with van der Waals surface area (Å²) in [6, 6.07) is 8.00. The fraction of sp³-hybridized carbons (Fsp3) is 0.533. The standard InChI is InChI=1S/C15H22N2O2/c1-14(2,16)13(18)17-10-15(8-9-15)11-6-4-5-7-12(11)19-3/h4-7H,8-10,16H2,1-3H3,(H,17,18). The van der Waals surface area contributed by atoms with Crippen LogP contribution in [-0.2, 0) is 10.2 Å². The van der Waals surface area contributed by atoms with E-state index in [1.807, 2.05) is 18.2 Å². The second-order valence-corrected chi connectivity index (χ2v) is 5.88. The predicted molar refractivity (Wildman–Crippen MR) is 75.2 cm³/mol. The second kappa shape index (κ2) is 4.85. The molecule has 1 aromatic rings. The van der Waals surface area contributed by atoms with Crippen molar-refractivity contribution in [1.29, 1.82) is 0 Å². The highest BCUT2D eigenvalue weighted by molar-refractivity contribution is 5.85. The fourth-order valence-electron chi connectivity index (χ4n) is 2.25. The lowest BCUT2D eigenvalue weighted by atomic mass is 9.94. The van der Waals surface area contributed by atoms with E-state index in [4.69, 9.17) is 10.5 Å². The van der Waals surface area contributed by atoms with Crippen LogP contribution in [0.25, 0.3) is 0 Å². The summed E-state index contributed by atoms with van der Waals surface area (Å²) in [5, 5.41) is 2.96. The number of carbonyl (C=O) groups is 1. The van der Waals surface area contributed by atoms with Crippen molar-refractivity contribution >= 4 is 5.91 Å². The first-order valence-electron chi connectivity index (χ1n) is 6.60. The monoisotopic (exact) mass is 262 g/mol. The quantitative estimate of drug-likeness (QED) is 0.846. The van der Waals surface area contributed by atoms with Crippen molar-refractivity contribution in [3.05, 3.63) is 29.8 Å². The molecule has 0 aromatic heterocycles. The van der Waals surface area contributed by atoms with Gasteiger partial charge in [0, 0.05) is 17.5 Å². The lowest BCUT2D eigenvalue weighted by Gasteiger charge is -2.23. The number of carbonyl (C=O) groups excluding carboxylic acids is 1. The van der Waals surface area contributed by atoms with E-state index in [-0.39, 0.29) is 11.3 Å². The van der Waals surface area contributed by atoms with Crippen molar-refractivity contribution in [3.8, 4) is 5.75 Å². The zero-order valence-corrected chi connectivity index (χ0v) is 11.8. The number of rotatable bonds is 5. The molecule has 1 fully saturated rings. The molecule has 4 nitrogen and oxygen atoms in total. The van der Waals surface area contributed by atoms with Crippen LogP contribution in [0.1, 0.15) is 32.3 Å². The van der Waals surface area contributed by atoms with Crippen molar-refractivity contribution in [2.45, 2.75) is 37.6 Å². The Morgan fingerprint density at radius 2 is 2.05 bits per heavy atom. The van der Waals surface area contributed by atoms with Gasteiger partial charge in [-0.25, -0.2) is 0 Å². The number of methoxy groups -OCH3 is 1. The summed E-state index contributed by atoms with van der Waals surface area (Å²) in [5.41, 5.74) is 6.15. The average molecular weight is 262 g/mol. The van der Waals surface area contributed by atoms with Crippen LogP contribution in [-0.4, -0.2) is 25.1 Å². The van der Waals surface area contributed by atoms with Crippen LogP contribution in [0, 0.1) is 0 Å². The Balaban J connectivity index is 2.10. The van der Waals surface area contributed by atoms with Crippen molar-refractivity contribution in [2.24, 2.45) is 5.73 Å². The lowest BCUT2D eigenvalue weighted by molar-refractivity contribution is -0.125. The minimum absolute atomic E-state index is 0.0213. The topological polar surface area (TPSA) is 64.3 Å². The third-order valence-corrected chi connectivity index (χ3v) is 3.70. The van der Waals surface area contributed by atoms with E-state index >= 15 is 0 Å². The smallest absolute Gasteiger partial charge is 0.239 e. The highest BCUT2D eigenvalue weighted by Crippen LogP contribution is 2.50. The van der Waals surface area contributed by atoms with Gasteiger partial charge < -0.3 is 15.8 Å². The van der Waals surface area contributed by atoms with Gasteiger partial charge in [0.25, 0.3) is 0 Å². The van der Waals surface area contributed by atoms with E-state index in [2.05, 4.69) is 11.4 Å². The van der Waals surface area contributed by atoms with Crippen LogP contribution in [0.3, 0.4) is 0 Å². The molecular weight excluding hydrogens is 240 g/mol. The van der Waals surface area contributed by atoms with Gasteiger partial charge in [0.15, 0.2) is 0 Å². The number of benzene rings is 1. The van der Waals surface area contributed by atoms with Crippen molar-refractivity contribution in [2.75, 3.05) is 13.7 Å². The average Bonchev–Trinajstić information content (AvgIpc) is 3.16. The summed E-state index contributed by atoms with van der Waals surface area (Å²) in [6.45, 7) is 4.04. The summed E-state index contributed by atoms with van der Waals surface area (Å²) in [7, 11) is 1.68. The third-order valence-electron chi connectivity index (χ3n) is 3.70. The van der Waals surface area contributed by atoms with E-state index in [0.717, 1.165) is 18.6 Å². The van der Waals surface area contributed by atoms with Crippen molar-refractivity contribution in [3.63, 3.8) is 0 Å². The number of hydrogen-bond acceptors (Lipinski definition) is 3. The fourth-order valence-corrected chi connectivity index (χ4v) is 2.25. The predicted octanol–water partition coefficient (Wildman–Crippen LogP) is 1.58. The third kappa shape index (κ3) is 2.89. The molecule has 4 heteroatoms. The van der Waals surface area contributed by atoms with Gasteiger partial charge in [-0.15, -0.1) is 0 Å². The Labute approximate surface area is 114 Å². The first kappa shape index (κ1) is 13.9. The molecule has 0 heterocycles. The zero-order valence-electron chi connectivity index (χ0n) is 11.8. The molecule has 0 spiro atoms. The maximum absolute atomic E-state index is 11.9. The molecule has 0 saturated heterocycles. The van der Waals surface area contributed by atoms with Crippen LogP contribution < -0.4 is 15.8 Å². The van der Waals surface area contributed by atoms with Gasteiger partial charge in [-0.3, -0.25) is 4.79 Å². The van der Waals surface area contributed by atoms with Gasteiger partial charge in [-0.1, -0.05) is 18.2 Å². The summed E-state index contributed by atoms with van der Waals surface area (Å²) < 4.78 is 5.41. The molecule has 19 heavy (non-hydrogen) atoms. The van der Waals surface area contributed by atoms with Crippen LogP contribution in [0.4, 0.5) is 0 Å². The molecule has 0 bridgehead atoms. The van der Waals surface area contributed by atoms with E-state index in [0.29, 0.717) is 6.54 Å². The number of nitrogens with two attached hydrogens (primary N) is 1. The maximum atomic E-state index is 11.9. The van der Waals surface area contributed by atoms with Crippen molar-refractivity contribution in [1.82, 2.24) is 5.32 Å². The van der Waals surface area contributed by atoms with E-state index in [1.165, 1.54) is 5.56 Å². The molecular formula is C15H22N2O2. The van der Waals surface area contributed by atoms with Gasteiger partial charge >= 0.3 is 0 Å². The summed E-state index contributed by atoms with van der Waals surface area (Å²) in [5.74, 6) is 0.773. The van der Waals surface area contributed by atoms with Crippen LogP contribution in [0.15, 0.2) is 24.3 Å². The van der Waals surface area contributed by atoms with Crippen LogP contribution in [0.2, 0.25) is 0 Å². The zero-order chi connectivity index (χ0) is 14.1. The number of ether oxygens (including phenoxy) is 1. The first-order chi connectivity index (χ1) is 8.89. The molecule has 3 N–H and O–H groups in total. The Bertz CT molecular complexity index is 473. The van der Waals surface area contributed by atoms with Gasteiger partial charge in [0.1, 0.15) is 5.75 Å². The van der Waals surface area contributed by atoms with E-state index in [9.17, 15) is 4.79 Å². The number of amides is 1. The lowest BCUT2D eigenvalue weighted by Crippen LogP contribution is -2.50. The highest BCUT2D eigenvalue weighted by atomic mass is 16.5. The number of nitrogens with one attached hydrogen (secondary N) is 1. The molecule has 0 aliphatic heterocycles. The Kier molecular flexibility index (Phi) is 3.54. The number of para-hydroxylation sites is 1. The minimum Gasteiger partial charge on any atom is -0.496 e. The normalized spacial score (nSPS) is 16.8. The highest BCUT2D eigenvalue weighted by Gasteiger charge is 2.46. The molecule has 1 saturated carbocycles. The van der Waals surface area contributed by atoms with Gasteiger partial charge in [-0.05, 0) is 32.8 Å². The molecule has 104 valence electrons. The van der Waals surface area contributed by atoms with Crippen LogP contribution >= 0.6 is 0 Å². The summed E-state index contributed by atoms with van der Waals surface area (Å²) >= 11 is 0. The first-order valence-corrected chi connectivity index (χ1v) is 6.60. The molecule has 0 unspecified atom stereocenters. The largest absolute Gasteiger partial charge is 0.496 e. The Morgan fingerprint density at radius 1 is 1.42 bits per heavy atom. The Morgan fingerprint density at radius 3 is 2.58 bits per heavy atom. The van der Waals surface area contributed by atoms with Crippen molar-refractivity contribution < 1.29 is 9.53 Å². The molecule has 2 rings (SSSR count). The number of hydrogen-bond donors (Lipinski definition) is 2. The molecule has 1 aromatic carbocycles. The molecule has 0 radical (unpaired) electrons. The second-order valence-electron chi connectivity index (χ2n) is 5.88. The van der Waals surface area contributed by atoms with Crippen LogP contribution in [0.5, 0.6) is 5.75 Å². The minimum atomic E-state index is -0.836. The van der Waals surface area contributed by atoms with Gasteiger partial charge in [-0.2, -0.15) is 0 Å². The van der Waals surface area contributed by atoms with E-state index < -0.39 is 5.54 Å². The SMILES string of the molecule is COc1ccccc1C1(CNC(=O)C(C)(C)N)CC1. The van der Waals surface area contributed by atoms with Gasteiger partial charge in [0.2, 0.25) is 5.91 Å².